The molecule has 1 aromatic carbocycles. The molecule has 0 saturated carbocycles. The first-order valence-electron chi connectivity index (χ1n) is 7.90. The minimum Gasteiger partial charge on any atom is -0.367 e. The standard InChI is InChI=1S/C16H21F6N3O.HI/c1-2-23-14(24-8-7-15(17,18)19)25-9-12-3-5-13(6-4-12)10-26-11-16(20,21)22;/h3-6H,2,7-11H2,1H3,(H2,23,24,25);1H. The minimum absolute atomic E-state index is 0. The normalized spacial score (nSPS) is 12.5. The molecule has 0 saturated heterocycles. The Morgan fingerprint density at radius 3 is 2.07 bits per heavy atom. The Labute approximate surface area is 170 Å². The van der Waals surface area contributed by atoms with E-state index in [1.807, 2.05) is 0 Å². The van der Waals surface area contributed by atoms with Crippen molar-refractivity contribution in [2.75, 3.05) is 19.7 Å². The molecule has 0 aliphatic rings. The lowest BCUT2D eigenvalue weighted by molar-refractivity contribution is -0.176. The van der Waals surface area contributed by atoms with E-state index in [0.29, 0.717) is 12.1 Å². The van der Waals surface area contributed by atoms with Crippen molar-refractivity contribution in [2.45, 2.75) is 38.8 Å². The summed E-state index contributed by atoms with van der Waals surface area (Å²) in [5.41, 5.74) is 1.34. The third-order valence-electron chi connectivity index (χ3n) is 3.02. The van der Waals surface area contributed by atoms with Crippen molar-refractivity contribution in [3.05, 3.63) is 35.4 Å². The zero-order valence-corrected chi connectivity index (χ0v) is 16.9. The second-order valence-corrected chi connectivity index (χ2v) is 5.41. The van der Waals surface area contributed by atoms with Crippen LogP contribution < -0.4 is 10.6 Å². The predicted octanol–water partition coefficient (Wildman–Crippen LogP) is 4.39. The van der Waals surface area contributed by atoms with Gasteiger partial charge in [-0.3, -0.25) is 0 Å². The van der Waals surface area contributed by atoms with Gasteiger partial charge in [-0.25, -0.2) is 4.99 Å². The number of hydrogen-bond acceptors (Lipinski definition) is 2. The molecule has 0 aliphatic heterocycles. The number of ether oxygens (including phenoxy) is 1. The van der Waals surface area contributed by atoms with E-state index in [1.165, 1.54) is 0 Å². The zero-order chi connectivity index (χ0) is 19.6. The van der Waals surface area contributed by atoms with Gasteiger partial charge < -0.3 is 15.4 Å². The molecule has 156 valence electrons. The molecule has 0 heterocycles. The molecule has 0 amide bonds. The van der Waals surface area contributed by atoms with Gasteiger partial charge in [-0.1, -0.05) is 24.3 Å². The van der Waals surface area contributed by atoms with Crippen LogP contribution in [0.3, 0.4) is 0 Å². The second kappa shape index (κ2) is 12.3. The predicted molar refractivity (Wildman–Crippen MR) is 101 cm³/mol. The van der Waals surface area contributed by atoms with Crippen LogP contribution in [0, 0.1) is 0 Å². The van der Waals surface area contributed by atoms with Crippen LogP contribution in [0.5, 0.6) is 0 Å². The average molecular weight is 513 g/mol. The number of rotatable bonds is 8. The van der Waals surface area contributed by atoms with Gasteiger partial charge in [0.2, 0.25) is 0 Å². The summed E-state index contributed by atoms with van der Waals surface area (Å²) in [7, 11) is 0. The Balaban J connectivity index is 0.00000676. The molecule has 0 unspecified atom stereocenters. The van der Waals surface area contributed by atoms with Gasteiger partial charge in [0.1, 0.15) is 6.61 Å². The maximum absolute atomic E-state index is 12.2. The van der Waals surface area contributed by atoms with E-state index >= 15 is 0 Å². The molecular weight excluding hydrogens is 491 g/mol. The second-order valence-electron chi connectivity index (χ2n) is 5.41. The third kappa shape index (κ3) is 13.6. The summed E-state index contributed by atoms with van der Waals surface area (Å²) in [6.45, 7) is 0.735. The SMILES string of the molecule is CCNC(=NCc1ccc(COCC(F)(F)F)cc1)NCCC(F)(F)F.I. The summed E-state index contributed by atoms with van der Waals surface area (Å²) in [4.78, 5) is 4.17. The molecule has 4 nitrogen and oxygen atoms in total. The van der Waals surface area contributed by atoms with E-state index in [0.717, 1.165) is 5.56 Å². The highest BCUT2D eigenvalue weighted by Crippen LogP contribution is 2.18. The molecular formula is C16H22F6IN3O. The zero-order valence-electron chi connectivity index (χ0n) is 14.6. The highest BCUT2D eigenvalue weighted by Gasteiger charge is 2.27. The molecule has 2 N–H and O–H groups in total. The highest BCUT2D eigenvalue weighted by atomic mass is 127. The fourth-order valence-electron chi connectivity index (χ4n) is 1.86. The number of halogens is 7. The Hall–Kier alpha value is -1.24. The van der Waals surface area contributed by atoms with Gasteiger partial charge in [-0.05, 0) is 18.1 Å². The van der Waals surface area contributed by atoms with Crippen molar-refractivity contribution in [1.29, 1.82) is 0 Å². The molecule has 0 fully saturated rings. The first kappa shape index (κ1) is 25.8. The lowest BCUT2D eigenvalue weighted by atomic mass is 10.1. The van der Waals surface area contributed by atoms with Crippen LogP contribution in [0.2, 0.25) is 0 Å². The monoisotopic (exact) mass is 513 g/mol. The lowest BCUT2D eigenvalue weighted by Crippen LogP contribution is -2.38. The van der Waals surface area contributed by atoms with Crippen molar-refractivity contribution in [3.63, 3.8) is 0 Å². The molecule has 27 heavy (non-hydrogen) atoms. The quantitative estimate of drug-likeness (QED) is 0.235. The van der Waals surface area contributed by atoms with Crippen LogP contribution in [-0.4, -0.2) is 38.0 Å². The number of nitrogens with one attached hydrogen (secondary N) is 2. The Kier molecular flexibility index (Phi) is 11.7. The van der Waals surface area contributed by atoms with Crippen LogP contribution >= 0.6 is 24.0 Å². The summed E-state index contributed by atoms with van der Waals surface area (Å²) >= 11 is 0. The van der Waals surface area contributed by atoms with Crippen molar-refractivity contribution in [2.24, 2.45) is 4.99 Å². The number of aliphatic imine (C=N–C) groups is 1. The number of alkyl halides is 6. The first-order chi connectivity index (χ1) is 12.1. The van der Waals surface area contributed by atoms with Gasteiger partial charge in [-0.2, -0.15) is 26.3 Å². The average Bonchev–Trinajstić information content (AvgIpc) is 2.51. The maximum Gasteiger partial charge on any atom is 0.411 e. The molecule has 0 atom stereocenters. The molecule has 0 bridgehead atoms. The summed E-state index contributed by atoms with van der Waals surface area (Å²) < 4.78 is 77.0. The van der Waals surface area contributed by atoms with Crippen LogP contribution in [0.25, 0.3) is 0 Å². The van der Waals surface area contributed by atoms with E-state index in [2.05, 4.69) is 20.4 Å². The smallest absolute Gasteiger partial charge is 0.367 e. The number of nitrogens with zero attached hydrogens (tertiary/aromatic N) is 1. The first-order valence-corrected chi connectivity index (χ1v) is 7.90. The molecule has 1 aromatic rings. The van der Waals surface area contributed by atoms with Gasteiger partial charge in [-0.15, -0.1) is 24.0 Å². The van der Waals surface area contributed by atoms with Crippen LogP contribution in [0.1, 0.15) is 24.5 Å². The van der Waals surface area contributed by atoms with Gasteiger partial charge in [0.15, 0.2) is 5.96 Å². The Morgan fingerprint density at radius 2 is 1.56 bits per heavy atom. The minimum atomic E-state index is -4.36. The van der Waals surface area contributed by atoms with E-state index < -0.39 is 25.4 Å². The summed E-state index contributed by atoms with van der Waals surface area (Å²) in [5, 5.41) is 5.43. The van der Waals surface area contributed by atoms with Crippen LogP contribution in [0.15, 0.2) is 29.3 Å². The summed E-state index contributed by atoms with van der Waals surface area (Å²) in [6.07, 6.45) is -9.57. The lowest BCUT2D eigenvalue weighted by Gasteiger charge is -2.12. The summed E-state index contributed by atoms with van der Waals surface area (Å²) in [6, 6.07) is 6.58. The van der Waals surface area contributed by atoms with Gasteiger partial charge >= 0.3 is 12.4 Å². The molecule has 0 spiro atoms. The number of benzene rings is 1. The summed E-state index contributed by atoms with van der Waals surface area (Å²) in [5.74, 6) is 0.259. The topological polar surface area (TPSA) is 45.7 Å². The van der Waals surface area contributed by atoms with E-state index in [1.54, 1.807) is 31.2 Å². The van der Waals surface area contributed by atoms with E-state index in [9.17, 15) is 26.3 Å². The number of hydrogen-bond donors (Lipinski definition) is 2. The van der Waals surface area contributed by atoms with Crippen molar-refractivity contribution in [3.8, 4) is 0 Å². The van der Waals surface area contributed by atoms with Gasteiger partial charge in [0.05, 0.1) is 19.6 Å². The van der Waals surface area contributed by atoms with Crippen LogP contribution in [0.4, 0.5) is 26.3 Å². The van der Waals surface area contributed by atoms with Crippen molar-refractivity contribution >= 4 is 29.9 Å². The number of guanidine groups is 1. The highest BCUT2D eigenvalue weighted by molar-refractivity contribution is 14.0. The Bertz CT molecular complexity index is 561. The largest absolute Gasteiger partial charge is 0.411 e. The third-order valence-corrected chi connectivity index (χ3v) is 3.02. The fraction of sp³-hybridized carbons (Fsp3) is 0.562. The fourth-order valence-corrected chi connectivity index (χ4v) is 1.86. The molecule has 0 radical (unpaired) electrons. The van der Waals surface area contributed by atoms with Crippen LogP contribution in [-0.2, 0) is 17.9 Å². The molecule has 0 aromatic heterocycles. The van der Waals surface area contributed by atoms with Gasteiger partial charge in [0, 0.05) is 13.1 Å². The van der Waals surface area contributed by atoms with E-state index in [4.69, 9.17) is 0 Å². The molecule has 11 heteroatoms. The van der Waals surface area contributed by atoms with Crippen molar-refractivity contribution in [1.82, 2.24) is 10.6 Å². The van der Waals surface area contributed by atoms with E-state index in [-0.39, 0.29) is 49.6 Å². The van der Waals surface area contributed by atoms with Gasteiger partial charge in [0.25, 0.3) is 0 Å². The Morgan fingerprint density at radius 1 is 0.963 bits per heavy atom. The molecule has 1 rings (SSSR count). The van der Waals surface area contributed by atoms with Crippen molar-refractivity contribution < 1.29 is 31.1 Å². The molecule has 0 aliphatic carbocycles. The maximum atomic E-state index is 12.2.